The summed E-state index contributed by atoms with van der Waals surface area (Å²) in [6.45, 7) is 0.377. The summed E-state index contributed by atoms with van der Waals surface area (Å²) in [6.07, 6.45) is 0. The smallest absolute Gasteiger partial charge is 0.203 e. The first-order valence-corrected chi connectivity index (χ1v) is 6.81. The number of hydrogen-bond donors (Lipinski definition) is 1. The van der Waals surface area contributed by atoms with E-state index < -0.39 is 0 Å². The Kier molecular flexibility index (Phi) is 4.94. The Bertz CT molecular complexity index is 644. The van der Waals surface area contributed by atoms with Crippen LogP contribution in [0.2, 0.25) is 5.02 Å². The maximum absolute atomic E-state index is 6.11. The van der Waals surface area contributed by atoms with Crippen molar-refractivity contribution in [3.63, 3.8) is 0 Å². The van der Waals surface area contributed by atoms with Crippen molar-refractivity contribution >= 4 is 11.6 Å². The van der Waals surface area contributed by atoms with Crippen molar-refractivity contribution in [1.29, 1.82) is 0 Å². The minimum absolute atomic E-state index is 0.377. The van der Waals surface area contributed by atoms with Crippen molar-refractivity contribution < 1.29 is 14.2 Å². The van der Waals surface area contributed by atoms with Crippen LogP contribution in [0.4, 0.5) is 0 Å². The van der Waals surface area contributed by atoms with Crippen LogP contribution >= 0.6 is 11.6 Å². The first kappa shape index (κ1) is 15.5. The van der Waals surface area contributed by atoms with Crippen LogP contribution < -0.4 is 19.9 Å². The lowest BCUT2D eigenvalue weighted by molar-refractivity contribution is 0.325. The van der Waals surface area contributed by atoms with Gasteiger partial charge in [-0.1, -0.05) is 17.7 Å². The largest absolute Gasteiger partial charge is 0.493 e. The fourth-order valence-electron chi connectivity index (χ4n) is 2.23. The number of methoxy groups -OCH3 is 3. The van der Waals surface area contributed by atoms with E-state index in [0.717, 1.165) is 16.7 Å². The predicted octanol–water partition coefficient (Wildman–Crippen LogP) is 3.49. The van der Waals surface area contributed by atoms with Gasteiger partial charge in [0.25, 0.3) is 0 Å². The van der Waals surface area contributed by atoms with E-state index in [2.05, 4.69) is 0 Å². The monoisotopic (exact) mass is 307 g/mol. The van der Waals surface area contributed by atoms with Crippen LogP contribution in [0, 0.1) is 0 Å². The number of benzene rings is 2. The molecule has 0 aliphatic rings. The zero-order valence-electron chi connectivity index (χ0n) is 12.3. The van der Waals surface area contributed by atoms with Crippen molar-refractivity contribution in [2.75, 3.05) is 21.3 Å². The molecule has 112 valence electrons. The van der Waals surface area contributed by atoms with Gasteiger partial charge in [0.2, 0.25) is 5.75 Å². The molecule has 0 saturated heterocycles. The SMILES string of the molecule is COc1ccc(-c2ccc(Cl)c(CN)c2)c(OC)c1OC. The molecule has 2 rings (SSSR count). The van der Waals surface area contributed by atoms with E-state index in [1.165, 1.54) is 0 Å². The second-order valence-corrected chi connectivity index (χ2v) is 4.80. The van der Waals surface area contributed by atoms with Gasteiger partial charge < -0.3 is 19.9 Å². The Morgan fingerprint density at radius 2 is 1.67 bits per heavy atom. The van der Waals surface area contributed by atoms with Gasteiger partial charge in [-0.15, -0.1) is 0 Å². The molecular formula is C16H18ClNO3. The molecule has 2 aromatic carbocycles. The molecule has 0 amide bonds. The molecule has 0 radical (unpaired) electrons. The highest BCUT2D eigenvalue weighted by molar-refractivity contribution is 6.31. The highest BCUT2D eigenvalue weighted by Crippen LogP contribution is 2.44. The number of rotatable bonds is 5. The number of nitrogens with two attached hydrogens (primary N) is 1. The Hall–Kier alpha value is -1.91. The topological polar surface area (TPSA) is 53.7 Å². The summed E-state index contributed by atoms with van der Waals surface area (Å²) in [7, 11) is 4.77. The predicted molar refractivity (Wildman–Crippen MR) is 84.4 cm³/mol. The molecule has 0 spiro atoms. The summed E-state index contributed by atoms with van der Waals surface area (Å²) < 4.78 is 16.2. The summed E-state index contributed by atoms with van der Waals surface area (Å²) in [6, 6.07) is 9.46. The summed E-state index contributed by atoms with van der Waals surface area (Å²) >= 11 is 6.11. The van der Waals surface area contributed by atoms with E-state index >= 15 is 0 Å². The molecule has 0 unspecified atom stereocenters. The van der Waals surface area contributed by atoms with Crippen molar-refractivity contribution in [2.24, 2.45) is 5.73 Å². The maximum atomic E-state index is 6.11. The van der Waals surface area contributed by atoms with E-state index in [-0.39, 0.29) is 0 Å². The molecule has 4 nitrogen and oxygen atoms in total. The van der Waals surface area contributed by atoms with Crippen LogP contribution in [-0.4, -0.2) is 21.3 Å². The molecule has 21 heavy (non-hydrogen) atoms. The van der Waals surface area contributed by atoms with Gasteiger partial charge in [0, 0.05) is 17.1 Å². The molecule has 0 fully saturated rings. The zero-order chi connectivity index (χ0) is 15.4. The van der Waals surface area contributed by atoms with Gasteiger partial charge in [0.1, 0.15) is 0 Å². The Labute approximate surface area is 129 Å². The minimum Gasteiger partial charge on any atom is -0.493 e. The lowest BCUT2D eigenvalue weighted by atomic mass is 10.0. The van der Waals surface area contributed by atoms with Crippen LogP contribution in [-0.2, 0) is 6.54 Å². The third-order valence-electron chi connectivity index (χ3n) is 3.28. The van der Waals surface area contributed by atoms with Gasteiger partial charge in [0.15, 0.2) is 11.5 Å². The first-order chi connectivity index (χ1) is 10.2. The van der Waals surface area contributed by atoms with Crippen LogP contribution in [0.1, 0.15) is 5.56 Å². The van der Waals surface area contributed by atoms with Crippen LogP contribution in [0.15, 0.2) is 30.3 Å². The van der Waals surface area contributed by atoms with E-state index in [9.17, 15) is 0 Å². The molecule has 2 N–H and O–H groups in total. The summed E-state index contributed by atoms with van der Waals surface area (Å²) in [5.74, 6) is 1.79. The maximum Gasteiger partial charge on any atom is 0.203 e. The van der Waals surface area contributed by atoms with Crippen molar-refractivity contribution in [3.05, 3.63) is 40.9 Å². The van der Waals surface area contributed by atoms with Gasteiger partial charge in [-0.05, 0) is 35.4 Å². The lowest BCUT2D eigenvalue weighted by Gasteiger charge is -2.16. The van der Waals surface area contributed by atoms with Gasteiger partial charge in [0.05, 0.1) is 21.3 Å². The average Bonchev–Trinajstić information content (AvgIpc) is 2.53. The average molecular weight is 308 g/mol. The van der Waals surface area contributed by atoms with Gasteiger partial charge in [-0.3, -0.25) is 0 Å². The molecule has 0 atom stereocenters. The first-order valence-electron chi connectivity index (χ1n) is 6.44. The zero-order valence-corrected chi connectivity index (χ0v) is 13.0. The summed E-state index contributed by atoms with van der Waals surface area (Å²) in [4.78, 5) is 0. The van der Waals surface area contributed by atoms with E-state index in [0.29, 0.717) is 28.8 Å². The second-order valence-electron chi connectivity index (χ2n) is 4.39. The van der Waals surface area contributed by atoms with Crippen LogP contribution in [0.25, 0.3) is 11.1 Å². The molecule has 0 saturated carbocycles. The Balaban J connectivity index is 2.63. The second kappa shape index (κ2) is 6.70. The molecular weight excluding hydrogens is 290 g/mol. The molecule has 0 heterocycles. The number of ether oxygens (including phenoxy) is 3. The summed E-state index contributed by atoms with van der Waals surface area (Å²) in [5, 5.41) is 0.653. The van der Waals surface area contributed by atoms with Crippen molar-refractivity contribution in [3.8, 4) is 28.4 Å². The molecule has 2 aromatic rings. The Morgan fingerprint density at radius 3 is 2.24 bits per heavy atom. The van der Waals surface area contributed by atoms with Crippen LogP contribution in [0.3, 0.4) is 0 Å². The molecule has 0 aromatic heterocycles. The van der Waals surface area contributed by atoms with Gasteiger partial charge in [-0.2, -0.15) is 0 Å². The van der Waals surface area contributed by atoms with E-state index in [4.69, 9.17) is 31.5 Å². The quantitative estimate of drug-likeness (QED) is 0.918. The number of hydrogen-bond acceptors (Lipinski definition) is 4. The minimum atomic E-state index is 0.377. The number of halogens is 1. The highest BCUT2D eigenvalue weighted by Gasteiger charge is 2.17. The van der Waals surface area contributed by atoms with Gasteiger partial charge in [-0.25, -0.2) is 0 Å². The van der Waals surface area contributed by atoms with Crippen LogP contribution in [0.5, 0.6) is 17.2 Å². The summed E-state index contributed by atoms with van der Waals surface area (Å²) in [5.41, 5.74) is 8.44. The molecule has 5 heteroatoms. The lowest BCUT2D eigenvalue weighted by Crippen LogP contribution is -1.99. The van der Waals surface area contributed by atoms with Crippen molar-refractivity contribution in [2.45, 2.75) is 6.54 Å². The molecule has 0 aliphatic carbocycles. The third kappa shape index (κ3) is 2.91. The molecule has 0 bridgehead atoms. The standard InChI is InChI=1S/C16H18ClNO3/c1-19-14-7-5-12(15(20-2)16(14)21-3)10-4-6-13(17)11(8-10)9-18/h4-8H,9,18H2,1-3H3. The van der Waals surface area contributed by atoms with Gasteiger partial charge >= 0.3 is 0 Å². The normalized spacial score (nSPS) is 10.3. The fraction of sp³-hybridized carbons (Fsp3) is 0.250. The van der Waals surface area contributed by atoms with E-state index in [1.54, 1.807) is 21.3 Å². The fourth-order valence-corrected chi connectivity index (χ4v) is 2.42. The van der Waals surface area contributed by atoms with E-state index in [1.807, 2.05) is 30.3 Å². The molecule has 0 aliphatic heterocycles. The Morgan fingerprint density at radius 1 is 0.952 bits per heavy atom. The highest BCUT2D eigenvalue weighted by atomic mass is 35.5. The third-order valence-corrected chi connectivity index (χ3v) is 3.65. The van der Waals surface area contributed by atoms with Crippen molar-refractivity contribution in [1.82, 2.24) is 0 Å².